The van der Waals surface area contributed by atoms with Crippen molar-refractivity contribution in [2.45, 2.75) is 53.4 Å². The van der Waals surface area contributed by atoms with E-state index in [0.29, 0.717) is 19.4 Å². The number of hydrogen-bond donors (Lipinski definition) is 1. The molecule has 0 bridgehead atoms. The second-order valence-electron chi connectivity index (χ2n) is 8.95. The van der Waals surface area contributed by atoms with E-state index in [1.165, 1.54) is 16.7 Å². The summed E-state index contributed by atoms with van der Waals surface area (Å²) >= 11 is 0. The maximum atomic E-state index is 12.6. The summed E-state index contributed by atoms with van der Waals surface area (Å²) in [6.07, 6.45) is 1.11. The SMILES string of the molecule is Cc1ccc(-n2nc(C)c3c(C)c(CCC(=O)NCC(C)c4ccccc4)c(C)nc32)cc1. The Labute approximate surface area is 195 Å². The fourth-order valence-corrected chi connectivity index (χ4v) is 4.43. The lowest BCUT2D eigenvalue weighted by Gasteiger charge is -2.14. The summed E-state index contributed by atoms with van der Waals surface area (Å²) in [6.45, 7) is 11.0. The number of aryl methyl sites for hydroxylation is 4. The maximum absolute atomic E-state index is 12.6. The Morgan fingerprint density at radius 2 is 1.67 bits per heavy atom. The van der Waals surface area contributed by atoms with Crippen LogP contribution in [-0.4, -0.2) is 27.2 Å². The van der Waals surface area contributed by atoms with E-state index in [1.54, 1.807) is 0 Å². The van der Waals surface area contributed by atoms with Crippen LogP contribution in [-0.2, 0) is 11.2 Å². The fourth-order valence-electron chi connectivity index (χ4n) is 4.43. The third kappa shape index (κ3) is 4.82. The van der Waals surface area contributed by atoms with Gasteiger partial charge in [0.15, 0.2) is 5.65 Å². The molecular weight excluding hydrogens is 408 g/mol. The molecule has 0 aliphatic heterocycles. The number of carbonyl (C=O) groups is 1. The van der Waals surface area contributed by atoms with Gasteiger partial charge in [-0.1, -0.05) is 55.0 Å². The smallest absolute Gasteiger partial charge is 0.220 e. The highest BCUT2D eigenvalue weighted by Crippen LogP contribution is 2.28. The standard InChI is InChI=1S/C28H32N4O/c1-18-11-13-24(14-12-18)32-28-27(22(5)31-32)20(3)25(21(4)30-28)15-16-26(33)29-17-19(2)23-9-7-6-8-10-23/h6-14,19H,15-17H2,1-5H3,(H,29,33). The number of amides is 1. The van der Waals surface area contributed by atoms with Crippen molar-refractivity contribution in [2.24, 2.45) is 0 Å². The van der Waals surface area contributed by atoms with Gasteiger partial charge < -0.3 is 5.32 Å². The van der Waals surface area contributed by atoms with Crippen LogP contribution >= 0.6 is 0 Å². The van der Waals surface area contributed by atoms with Crippen molar-refractivity contribution in [3.63, 3.8) is 0 Å². The van der Waals surface area contributed by atoms with E-state index in [1.807, 2.05) is 36.7 Å². The molecule has 5 heteroatoms. The topological polar surface area (TPSA) is 59.8 Å². The van der Waals surface area contributed by atoms with E-state index in [9.17, 15) is 4.79 Å². The quantitative estimate of drug-likeness (QED) is 0.412. The molecule has 2 heterocycles. The molecule has 5 nitrogen and oxygen atoms in total. The summed E-state index contributed by atoms with van der Waals surface area (Å²) in [5.41, 5.74) is 8.54. The van der Waals surface area contributed by atoms with Gasteiger partial charge in [0.2, 0.25) is 5.91 Å². The van der Waals surface area contributed by atoms with Crippen molar-refractivity contribution in [3.05, 3.63) is 88.2 Å². The first-order chi connectivity index (χ1) is 15.8. The van der Waals surface area contributed by atoms with Crippen LogP contribution in [0.15, 0.2) is 54.6 Å². The molecule has 1 unspecified atom stereocenters. The van der Waals surface area contributed by atoms with Gasteiger partial charge in [-0.15, -0.1) is 0 Å². The first-order valence-corrected chi connectivity index (χ1v) is 11.6. The second-order valence-corrected chi connectivity index (χ2v) is 8.95. The minimum absolute atomic E-state index is 0.0729. The Bertz CT molecular complexity index is 1270. The molecule has 4 aromatic rings. The molecule has 0 saturated heterocycles. The number of benzene rings is 2. The Morgan fingerprint density at radius 3 is 2.36 bits per heavy atom. The van der Waals surface area contributed by atoms with Crippen LogP contribution in [0.1, 0.15) is 52.9 Å². The third-order valence-corrected chi connectivity index (χ3v) is 6.43. The summed E-state index contributed by atoms with van der Waals surface area (Å²) in [7, 11) is 0. The first kappa shape index (κ1) is 22.7. The molecule has 2 aromatic carbocycles. The molecule has 0 fully saturated rings. The Balaban J connectivity index is 1.50. The largest absolute Gasteiger partial charge is 0.355 e. The Morgan fingerprint density at radius 1 is 0.970 bits per heavy atom. The van der Waals surface area contributed by atoms with E-state index in [4.69, 9.17) is 10.1 Å². The van der Waals surface area contributed by atoms with Crippen LogP contribution in [0.25, 0.3) is 16.7 Å². The highest BCUT2D eigenvalue weighted by atomic mass is 16.1. The molecule has 1 atom stereocenters. The van der Waals surface area contributed by atoms with Gasteiger partial charge in [-0.05, 0) is 68.9 Å². The number of pyridine rings is 1. The number of aromatic nitrogens is 3. The lowest BCUT2D eigenvalue weighted by molar-refractivity contribution is -0.121. The third-order valence-electron chi connectivity index (χ3n) is 6.43. The zero-order valence-electron chi connectivity index (χ0n) is 20.1. The van der Waals surface area contributed by atoms with Gasteiger partial charge in [0.1, 0.15) is 0 Å². The number of hydrogen-bond acceptors (Lipinski definition) is 3. The molecular formula is C28H32N4O. The highest BCUT2D eigenvalue weighted by Gasteiger charge is 2.18. The van der Waals surface area contributed by atoms with Crippen LogP contribution in [0.5, 0.6) is 0 Å². The highest BCUT2D eigenvalue weighted by molar-refractivity contribution is 5.85. The fraction of sp³-hybridized carbons (Fsp3) is 0.321. The van der Waals surface area contributed by atoms with Gasteiger partial charge in [-0.3, -0.25) is 4.79 Å². The number of nitrogens with zero attached hydrogens (tertiary/aromatic N) is 3. The summed E-state index contributed by atoms with van der Waals surface area (Å²) in [4.78, 5) is 17.5. The second kappa shape index (κ2) is 9.57. The van der Waals surface area contributed by atoms with Crippen LogP contribution in [0, 0.1) is 27.7 Å². The molecule has 0 radical (unpaired) electrons. The average molecular weight is 441 g/mol. The summed E-state index contributed by atoms with van der Waals surface area (Å²) < 4.78 is 1.92. The molecule has 33 heavy (non-hydrogen) atoms. The average Bonchev–Trinajstić information content (AvgIpc) is 3.14. The number of fused-ring (bicyclic) bond motifs is 1. The Kier molecular flexibility index (Phi) is 6.59. The van der Waals surface area contributed by atoms with Gasteiger partial charge in [0.05, 0.1) is 11.4 Å². The predicted octanol–water partition coefficient (Wildman–Crippen LogP) is 5.51. The van der Waals surface area contributed by atoms with E-state index in [-0.39, 0.29) is 11.8 Å². The Hall–Kier alpha value is -3.47. The molecule has 0 aliphatic carbocycles. The molecule has 0 spiro atoms. The van der Waals surface area contributed by atoms with Gasteiger partial charge in [-0.2, -0.15) is 5.10 Å². The van der Waals surface area contributed by atoms with Gasteiger partial charge in [0, 0.05) is 24.0 Å². The lowest BCUT2D eigenvalue weighted by atomic mass is 9.98. The normalized spacial score (nSPS) is 12.2. The van der Waals surface area contributed by atoms with Crippen molar-refractivity contribution in [3.8, 4) is 5.69 Å². The van der Waals surface area contributed by atoms with Crippen LogP contribution in [0.2, 0.25) is 0 Å². The minimum Gasteiger partial charge on any atom is -0.355 e. The maximum Gasteiger partial charge on any atom is 0.220 e. The van der Waals surface area contributed by atoms with Crippen LogP contribution < -0.4 is 5.32 Å². The van der Waals surface area contributed by atoms with Gasteiger partial charge >= 0.3 is 0 Å². The number of carbonyl (C=O) groups excluding carboxylic acids is 1. The lowest BCUT2D eigenvalue weighted by Crippen LogP contribution is -2.27. The molecule has 170 valence electrons. The minimum atomic E-state index is 0.0729. The predicted molar refractivity (Wildman–Crippen MR) is 134 cm³/mol. The summed E-state index contributed by atoms with van der Waals surface area (Å²) in [5.74, 6) is 0.357. The molecule has 1 amide bonds. The number of nitrogens with one attached hydrogen (secondary N) is 1. The van der Waals surface area contributed by atoms with Crippen LogP contribution in [0.3, 0.4) is 0 Å². The molecule has 1 N–H and O–H groups in total. The molecule has 2 aromatic heterocycles. The van der Waals surface area contributed by atoms with Crippen molar-refractivity contribution >= 4 is 16.9 Å². The van der Waals surface area contributed by atoms with E-state index in [2.05, 4.69) is 62.5 Å². The van der Waals surface area contributed by atoms with E-state index in [0.717, 1.165) is 33.7 Å². The van der Waals surface area contributed by atoms with E-state index >= 15 is 0 Å². The summed E-state index contributed by atoms with van der Waals surface area (Å²) in [5, 5.41) is 8.95. The summed E-state index contributed by atoms with van der Waals surface area (Å²) in [6, 6.07) is 18.6. The van der Waals surface area contributed by atoms with Crippen molar-refractivity contribution in [2.75, 3.05) is 6.54 Å². The first-order valence-electron chi connectivity index (χ1n) is 11.6. The zero-order chi connectivity index (χ0) is 23.5. The molecule has 0 aliphatic rings. The van der Waals surface area contributed by atoms with Crippen molar-refractivity contribution in [1.29, 1.82) is 0 Å². The monoisotopic (exact) mass is 440 g/mol. The number of rotatable bonds is 7. The van der Waals surface area contributed by atoms with Crippen molar-refractivity contribution < 1.29 is 4.79 Å². The molecule has 0 saturated carbocycles. The van der Waals surface area contributed by atoms with E-state index < -0.39 is 0 Å². The van der Waals surface area contributed by atoms with Gasteiger partial charge in [-0.25, -0.2) is 9.67 Å². The van der Waals surface area contributed by atoms with Crippen LogP contribution in [0.4, 0.5) is 0 Å². The zero-order valence-corrected chi connectivity index (χ0v) is 20.1. The van der Waals surface area contributed by atoms with Crippen molar-refractivity contribution in [1.82, 2.24) is 20.1 Å². The van der Waals surface area contributed by atoms with Gasteiger partial charge in [0.25, 0.3) is 0 Å². The molecule has 4 rings (SSSR count).